The van der Waals surface area contributed by atoms with Crippen LogP contribution in [0.5, 0.6) is 5.75 Å². The Labute approximate surface area is 193 Å². The Bertz CT molecular complexity index is 1050. The average molecular weight is 507 g/mol. The van der Waals surface area contributed by atoms with Crippen molar-refractivity contribution in [3.63, 3.8) is 0 Å². The van der Waals surface area contributed by atoms with Crippen LogP contribution in [0.25, 0.3) is 11.3 Å². The van der Waals surface area contributed by atoms with Crippen LogP contribution in [0.4, 0.5) is 0 Å². The summed E-state index contributed by atoms with van der Waals surface area (Å²) in [5.41, 5.74) is 2.56. The molecule has 1 aromatic heterocycles. The Balaban J connectivity index is 1.36. The van der Waals surface area contributed by atoms with Gasteiger partial charge in [0.2, 0.25) is 0 Å². The second-order valence-electron chi connectivity index (χ2n) is 7.05. The van der Waals surface area contributed by atoms with Crippen LogP contribution in [0, 0.1) is 0 Å². The van der Waals surface area contributed by atoms with Crippen LogP contribution in [0.15, 0.2) is 52.3 Å². The fraction of sp³-hybridized carbons (Fsp3) is 0.273. The van der Waals surface area contributed by atoms with Gasteiger partial charge in [-0.15, -0.1) is 11.3 Å². The van der Waals surface area contributed by atoms with Crippen LogP contribution in [-0.4, -0.2) is 54.0 Å². The fourth-order valence-corrected chi connectivity index (χ4v) is 4.83. The number of hydrogen-bond acceptors (Lipinski definition) is 5. The molecule has 1 amide bonds. The summed E-state index contributed by atoms with van der Waals surface area (Å²) in [6.07, 6.45) is 0. The molecule has 1 fully saturated rings. The van der Waals surface area contributed by atoms with Crippen LogP contribution < -0.4 is 4.74 Å². The van der Waals surface area contributed by atoms with Gasteiger partial charge in [0, 0.05) is 41.6 Å². The monoisotopic (exact) mass is 505 g/mol. The summed E-state index contributed by atoms with van der Waals surface area (Å²) in [4.78, 5) is 21.8. The lowest BCUT2D eigenvalue weighted by Crippen LogP contribution is -2.48. The van der Waals surface area contributed by atoms with E-state index in [1.54, 1.807) is 30.6 Å². The molecule has 0 aliphatic carbocycles. The van der Waals surface area contributed by atoms with E-state index in [2.05, 4.69) is 26.2 Å². The normalized spacial score (nSPS) is 14.7. The van der Waals surface area contributed by atoms with E-state index in [0.717, 1.165) is 46.1 Å². The number of carbonyl (C=O) groups excluding carboxylic acids is 1. The van der Waals surface area contributed by atoms with Gasteiger partial charge in [0.05, 0.1) is 29.9 Å². The summed E-state index contributed by atoms with van der Waals surface area (Å²) in [5.74, 6) is 0.809. The number of ether oxygens (including phenoxy) is 1. The molecule has 0 bridgehead atoms. The number of hydrogen-bond donors (Lipinski definition) is 0. The largest absolute Gasteiger partial charge is 0.497 e. The van der Waals surface area contributed by atoms with E-state index in [0.29, 0.717) is 23.7 Å². The number of nitrogens with zero attached hydrogens (tertiary/aromatic N) is 3. The summed E-state index contributed by atoms with van der Waals surface area (Å²) in [6, 6.07) is 13.3. The number of amides is 1. The highest BCUT2D eigenvalue weighted by Crippen LogP contribution is 2.27. The van der Waals surface area contributed by atoms with Gasteiger partial charge in [-0.3, -0.25) is 9.69 Å². The first kappa shape index (κ1) is 21.3. The molecule has 1 aliphatic heterocycles. The third kappa shape index (κ3) is 4.86. The molecule has 4 rings (SSSR count). The summed E-state index contributed by atoms with van der Waals surface area (Å²) < 4.78 is 6.16. The maximum absolute atomic E-state index is 12.8. The van der Waals surface area contributed by atoms with Gasteiger partial charge in [0.25, 0.3) is 5.91 Å². The fourth-order valence-electron chi connectivity index (χ4n) is 3.43. The van der Waals surface area contributed by atoms with Gasteiger partial charge in [-0.2, -0.15) is 0 Å². The lowest BCUT2D eigenvalue weighted by atomic mass is 10.1. The second kappa shape index (κ2) is 9.47. The number of piperazine rings is 1. The minimum atomic E-state index is -0.0180. The number of methoxy groups -OCH3 is 1. The quantitative estimate of drug-likeness (QED) is 0.478. The second-order valence-corrected chi connectivity index (χ2v) is 9.32. The highest BCUT2D eigenvalue weighted by Gasteiger charge is 2.24. The van der Waals surface area contributed by atoms with E-state index in [9.17, 15) is 4.79 Å². The van der Waals surface area contributed by atoms with Crippen molar-refractivity contribution in [1.82, 2.24) is 14.8 Å². The molecule has 0 saturated carbocycles. The molecule has 2 heterocycles. The zero-order valence-electron chi connectivity index (χ0n) is 16.5. The standard InChI is InChI=1S/C22H21BrClN3O2S/c1-29-17-4-2-3-15(11-17)20-14-30-21(25-20)13-26-7-9-27(10-8-26)22(28)18-12-16(23)5-6-19(18)24/h2-6,11-12,14H,7-10,13H2,1H3. The summed E-state index contributed by atoms with van der Waals surface area (Å²) in [7, 11) is 1.67. The Morgan fingerprint density at radius 2 is 2.00 bits per heavy atom. The highest BCUT2D eigenvalue weighted by atomic mass is 79.9. The van der Waals surface area contributed by atoms with Gasteiger partial charge in [0.1, 0.15) is 10.8 Å². The van der Waals surface area contributed by atoms with Crippen molar-refractivity contribution in [1.29, 1.82) is 0 Å². The molecule has 1 saturated heterocycles. The SMILES string of the molecule is COc1cccc(-c2csc(CN3CCN(C(=O)c4cc(Br)ccc4Cl)CC3)n2)c1. The molecule has 2 aromatic carbocycles. The first-order valence-electron chi connectivity index (χ1n) is 9.59. The molecule has 1 aliphatic rings. The lowest BCUT2D eigenvalue weighted by Gasteiger charge is -2.34. The maximum atomic E-state index is 12.8. The summed E-state index contributed by atoms with van der Waals surface area (Å²) in [5, 5.41) is 3.64. The minimum absolute atomic E-state index is 0.0180. The van der Waals surface area contributed by atoms with Crippen LogP contribution in [0.3, 0.4) is 0 Å². The molecule has 30 heavy (non-hydrogen) atoms. The van der Waals surface area contributed by atoms with Crippen molar-refractivity contribution in [2.45, 2.75) is 6.54 Å². The Morgan fingerprint density at radius 1 is 1.20 bits per heavy atom. The number of carbonyl (C=O) groups is 1. The third-order valence-corrected chi connectivity index (χ3v) is 6.75. The van der Waals surface area contributed by atoms with Gasteiger partial charge in [0.15, 0.2) is 0 Å². The van der Waals surface area contributed by atoms with Crippen LogP contribution in [0.1, 0.15) is 15.4 Å². The highest BCUT2D eigenvalue weighted by molar-refractivity contribution is 9.10. The lowest BCUT2D eigenvalue weighted by molar-refractivity contribution is 0.0628. The van der Waals surface area contributed by atoms with Gasteiger partial charge >= 0.3 is 0 Å². The zero-order chi connectivity index (χ0) is 21.1. The van der Waals surface area contributed by atoms with Crippen LogP contribution in [-0.2, 0) is 6.54 Å². The molecule has 0 unspecified atom stereocenters. The van der Waals surface area contributed by atoms with Crippen molar-refractivity contribution in [3.05, 3.63) is 67.9 Å². The predicted molar refractivity (Wildman–Crippen MR) is 124 cm³/mol. The van der Waals surface area contributed by atoms with Crippen molar-refractivity contribution in [2.75, 3.05) is 33.3 Å². The number of aromatic nitrogens is 1. The molecule has 3 aromatic rings. The van der Waals surface area contributed by atoms with Crippen molar-refractivity contribution < 1.29 is 9.53 Å². The molecule has 5 nitrogen and oxygen atoms in total. The number of rotatable bonds is 5. The van der Waals surface area contributed by atoms with E-state index in [-0.39, 0.29) is 5.91 Å². The van der Waals surface area contributed by atoms with Gasteiger partial charge in [-0.1, -0.05) is 39.7 Å². The number of thiazole rings is 1. The molecule has 0 atom stereocenters. The average Bonchev–Trinajstić information content (AvgIpc) is 3.24. The number of halogens is 2. The molecular weight excluding hydrogens is 486 g/mol. The van der Waals surface area contributed by atoms with Crippen LogP contribution in [0.2, 0.25) is 5.02 Å². The summed E-state index contributed by atoms with van der Waals surface area (Å²) >= 11 is 11.3. The van der Waals surface area contributed by atoms with Gasteiger partial charge in [-0.05, 0) is 30.3 Å². The van der Waals surface area contributed by atoms with Crippen molar-refractivity contribution >= 4 is 44.8 Å². The van der Waals surface area contributed by atoms with E-state index in [4.69, 9.17) is 21.3 Å². The first-order chi connectivity index (χ1) is 14.5. The molecule has 0 spiro atoms. The van der Waals surface area contributed by atoms with Gasteiger partial charge in [-0.25, -0.2) is 4.98 Å². The Kier molecular flexibility index (Phi) is 6.73. The van der Waals surface area contributed by atoms with Crippen molar-refractivity contribution in [3.8, 4) is 17.0 Å². The van der Waals surface area contributed by atoms with E-state index >= 15 is 0 Å². The molecule has 8 heteroatoms. The zero-order valence-corrected chi connectivity index (χ0v) is 19.6. The van der Waals surface area contributed by atoms with E-state index < -0.39 is 0 Å². The molecule has 156 valence electrons. The first-order valence-corrected chi connectivity index (χ1v) is 11.6. The number of benzene rings is 2. The predicted octanol–water partition coefficient (Wildman–Crippen LogP) is 5.19. The van der Waals surface area contributed by atoms with E-state index in [1.807, 2.05) is 35.2 Å². The molecular formula is C22H21BrClN3O2S. The van der Waals surface area contributed by atoms with E-state index in [1.165, 1.54) is 0 Å². The minimum Gasteiger partial charge on any atom is -0.497 e. The Hall–Kier alpha value is -1.93. The molecule has 0 N–H and O–H groups in total. The molecule has 0 radical (unpaired) electrons. The third-order valence-electron chi connectivity index (χ3n) is 5.09. The summed E-state index contributed by atoms with van der Waals surface area (Å²) in [6.45, 7) is 3.76. The van der Waals surface area contributed by atoms with Crippen LogP contribution >= 0.6 is 38.9 Å². The Morgan fingerprint density at radius 3 is 2.77 bits per heavy atom. The van der Waals surface area contributed by atoms with Crippen molar-refractivity contribution in [2.24, 2.45) is 0 Å². The topological polar surface area (TPSA) is 45.7 Å². The maximum Gasteiger partial charge on any atom is 0.255 e. The van der Waals surface area contributed by atoms with Gasteiger partial charge < -0.3 is 9.64 Å². The smallest absolute Gasteiger partial charge is 0.255 e.